The first-order valence-corrected chi connectivity index (χ1v) is 10.8. The minimum atomic E-state index is -0.555. The highest BCUT2D eigenvalue weighted by atomic mass is 35.5. The van der Waals surface area contributed by atoms with Crippen LogP contribution in [0.3, 0.4) is 0 Å². The molecule has 168 valence electrons. The molecule has 1 saturated heterocycles. The second-order valence-corrected chi connectivity index (χ2v) is 8.51. The molecule has 1 fully saturated rings. The van der Waals surface area contributed by atoms with E-state index in [9.17, 15) is 14.4 Å². The number of piperidine rings is 1. The first kappa shape index (κ1) is 23.2. The molecule has 2 heterocycles. The van der Waals surface area contributed by atoms with Gasteiger partial charge in [0.1, 0.15) is 12.4 Å². The number of aryl methyl sites for hydroxylation is 1. The van der Waals surface area contributed by atoms with Gasteiger partial charge < -0.3 is 19.4 Å². The van der Waals surface area contributed by atoms with Crippen molar-refractivity contribution in [1.29, 1.82) is 0 Å². The zero-order valence-corrected chi connectivity index (χ0v) is 19.0. The van der Waals surface area contributed by atoms with E-state index in [4.69, 9.17) is 32.4 Å². The molecule has 0 aliphatic carbocycles. The van der Waals surface area contributed by atoms with Crippen molar-refractivity contribution in [2.24, 2.45) is 13.0 Å². The molecule has 31 heavy (non-hydrogen) atoms. The third-order valence-electron chi connectivity index (χ3n) is 5.39. The van der Waals surface area contributed by atoms with Gasteiger partial charge in [-0.15, -0.1) is 0 Å². The quantitative estimate of drug-likeness (QED) is 0.694. The van der Waals surface area contributed by atoms with Crippen LogP contribution < -0.4 is 11.1 Å². The Morgan fingerprint density at radius 3 is 2.42 bits per heavy atom. The van der Waals surface area contributed by atoms with Crippen LogP contribution in [-0.2, 0) is 18.4 Å². The minimum absolute atomic E-state index is 0.112. The second kappa shape index (κ2) is 10.2. The highest BCUT2D eigenvalue weighted by Crippen LogP contribution is 2.22. The average molecular weight is 470 g/mol. The van der Waals surface area contributed by atoms with E-state index in [-0.39, 0.29) is 24.3 Å². The number of likely N-dealkylation sites (tertiary alicyclic amines) is 1. The number of benzene rings is 1. The number of nitrogens with zero attached hydrogens (tertiary/aromatic N) is 2. The van der Waals surface area contributed by atoms with Crippen molar-refractivity contribution < 1.29 is 18.7 Å². The molecule has 1 aliphatic heterocycles. The lowest BCUT2D eigenvalue weighted by molar-refractivity contribution is 0.0813. The zero-order valence-electron chi connectivity index (χ0n) is 17.5. The fourth-order valence-electron chi connectivity index (χ4n) is 3.70. The number of oxazole rings is 1. The maximum atomic E-state index is 12.3. The van der Waals surface area contributed by atoms with Gasteiger partial charge in [0.15, 0.2) is 5.69 Å². The molecule has 0 radical (unpaired) electrons. The van der Waals surface area contributed by atoms with Crippen LogP contribution in [0.15, 0.2) is 27.4 Å². The topological polar surface area (TPSA) is 93.8 Å². The van der Waals surface area contributed by atoms with Crippen LogP contribution in [-0.4, -0.2) is 41.1 Å². The molecule has 0 atom stereocenters. The van der Waals surface area contributed by atoms with Gasteiger partial charge in [-0.1, -0.05) is 23.2 Å². The number of ether oxygens (including phenoxy) is 1. The summed E-state index contributed by atoms with van der Waals surface area (Å²) in [6.45, 7) is 3.39. The van der Waals surface area contributed by atoms with E-state index in [1.165, 1.54) is 11.6 Å². The van der Waals surface area contributed by atoms with Gasteiger partial charge in [0, 0.05) is 36.7 Å². The number of amides is 2. The first-order valence-electron chi connectivity index (χ1n) is 10.1. The molecule has 1 aliphatic rings. The van der Waals surface area contributed by atoms with Crippen LogP contribution >= 0.6 is 23.2 Å². The van der Waals surface area contributed by atoms with E-state index in [0.29, 0.717) is 41.4 Å². The number of carbonyl (C=O) groups is 2. The van der Waals surface area contributed by atoms with Gasteiger partial charge in [-0.3, -0.25) is 9.36 Å². The largest absolute Gasteiger partial charge is 0.445 e. The summed E-state index contributed by atoms with van der Waals surface area (Å²) < 4.78 is 11.5. The fraction of sp³-hybridized carbons (Fsp3) is 0.476. The Kier molecular flexibility index (Phi) is 7.67. The lowest BCUT2D eigenvalue weighted by Gasteiger charge is -2.31. The fourth-order valence-corrected chi connectivity index (χ4v) is 4.27. The standard InChI is InChI=1S/C21H25Cl2N3O5/c1-13-18(25(2)20(28)31-13)19(27)24-6-3-14-4-7-26(8-5-14)21(29)30-12-15-9-16(22)11-17(23)10-15/h9-11,14H,3-8,12H2,1-2H3,(H,24,27). The van der Waals surface area contributed by atoms with E-state index < -0.39 is 5.76 Å². The zero-order chi connectivity index (χ0) is 22.5. The maximum absolute atomic E-state index is 12.3. The van der Waals surface area contributed by atoms with E-state index in [1.807, 2.05) is 0 Å². The lowest BCUT2D eigenvalue weighted by atomic mass is 9.94. The van der Waals surface area contributed by atoms with E-state index >= 15 is 0 Å². The molecule has 10 heteroatoms. The number of hydrogen-bond donors (Lipinski definition) is 1. The van der Waals surface area contributed by atoms with Gasteiger partial charge in [0.2, 0.25) is 0 Å². The van der Waals surface area contributed by atoms with E-state index in [1.54, 1.807) is 30.0 Å². The van der Waals surface area contributed by atoms with Crippen molar-refractivity contribution in [3.63, 3.8) is 0 Å². The van der Waals surface area contributed by atoms with Crippen molar-refractivity contribution in [2.45, 2.75) is 32.8 Å². The molecular formula is C21H25Cl2N3O5. The highest BCUT2D eigenvalue weighted by Gasteiger charge is 2.24. The van der Waals surface area contributed by atoms with Crippen LogP contribution in [0.2, 0.25) is 10.0 Å². The summed E-state index contributed by atoms with van der Waals surface area (Å²) in [5.41, 5.74) is 0.977. The minimum Gasteiger partial charge on any atom is -0.445 e. The molecule has 0 bridgehead atoms. The smallest absolute Gasteiger partial charge is 0.419 e. The van der Waals surface area contributed by atoms with Crippen molar-refractivity contribution in [1.82, 2.24) is 14.8 Å². The summed E-state index contributed by atoms with van der Waals surface area (Å²) in [6, 6.07) is 5.05. The molecule has 3 rings (SSSR count). The Morgan fingerprint density at radius 2 is 1.84 bits per heavy atom. The molecule has 1 N–H and O–H groups in total. The lowest BCUT2D eigenvalue weighted by Crippen LogP contribution is -2.39. The van der Waals surface area contributed by atoms with Gasteiger partial charge in [-0.2, -0.15) is 0 Å². The number of halogens is 2. The number of nitrogens with one attached hydrogen (secondary N) is 1. The highest BCUT2D eigenvalue weighted by molar-refractivity contribution is 6.34. The normalized spacial score (nSPS) is 14.5. The number of carbonyl (C=O) groups excluding carboxylic acids is 2. The van der Waals surface area contributed by atoms with Gasteiger partial charge in [0.25, 0.3) is 5.91 Å². The van der Waals surface area contributed by atoms with Crippen LogP contribution in [0.1, 0.15) is 41.1 Å². The summed E-state index contributed by atoms with van der Waals surface area (Å²) in [5.74, 6) is -0.185. The van der Waals surface area contributed by atoms with Gasteiger partial charge in [-0.05, 0) is 55.9 Å². The maximum Gasteiger partial charge on any atom is 0.419 e. The van der Waals surface area contributed by atoms with E-state index in [0.717, 1.165) is 24.8 Å². The van der Waals surface area contributed by atoms with Crippen LogP contribution in [0.5, 0.6) is 0 Å². The summed E-state index contributed by atoms with van der Waals surface area (Å²) in [4.78, 5) is 37.8. The Balaban J connectivity index is 1.38. The predicted molar refractivity (Wildman–Crippen MR) is 117 cm³/mol. The van der Waals surface area contributed by atoms with Gasteiger partial charge >= 0.3 is 11.8 Å². The molecule has 0 spiro atoms. The number of aromatic nitrogens is 1. The predicted octanol–water partition coefficient (Wildman–Crippen LogP) is 3.76. The first-order chi connectivity index (χ1) is 14.7. The monoisotopic (exact) mass is 469 g/mol. The Morgan fingerprint density at radius 1 is 1.19 bits per heavy atom. The second-order valence-electron chi connectivity index (χ2n) is 7.64. The summed E-state index contributed by atoms with van der Waals surface area (Å²) in [7, 11) is 1.50. The van der Waals surface area contributed by atoms with Crippen LogP contribution in [0, 0.1) is 12.8 Å². The Bertz CT molecular complexity index is 989. The van der Waals surface area contributed by atoms with Crippen LogP contribution in [0.25, 0.3) is 0 Å². The average Bonchev–Trinajstić information content (AvgIpc) is 2.97. The number of hydrogen-bond acceptors (Lipinski definition) is 5. The summed E-state index contributed by atoms with van der Waals surface area (Å²) in [5, 5.41) is 3.83. The molecule has 0 saturated carbocycles. The van der Waals surface area contributed by atoms with E-state index in [2.05, 4.69) is 5.32 Å². The van der Waals surface area contributed by atoms with Crippen molar-refractivity contribution in [3.05, 3.63) is 55.8 Å². The van der Waals surface area contributed by atoms with Crippen molar-refractivity contribution >= 4 is 35.2 Å². The summed E-state index contributed by atoms with van der Waals surface area (Å²) >= 11 is 11.9. The molecule has 2 aromatic rings. The summed E-state index contributed by atoms with van der Waals surface area (Å²) in [6.07, 6.45) is 2.09. The third kappa shape index (κ3) is 6.04. The molecule has 8 nitrogen and oxygen atoms in total. The molecule has 2 amide bonds. The molecule has 1 aromatic heterocycles. The number of rotatable bonds is 6. The van der Waals surface area contributed by atoms with Crippen molar-refractivity contribution in [2.75, 3.05) is 19.6 Å². The molecular weight excluding hydrogens is 445 g/mol. The van der Waals surface area contributed by atoms with Crippen LogP contribution in [0.4, 0.5) is 4.79 Å². The SMILES string of the molecule is Cc1oc(=O)n(C)c1C(=O)NCCC1CCN(C(=O)OCc2cc(Cl)cc(Cl)c2)CC1. The van der Waals surface area contributed by atoms with Crippen molar-refractivity contribution in [3.8, 4) is 0 Å². The van der Waals surface area contributed by atoms with Gasteiger partial charge in [0.05, 0.1) is 0 Å². The Hall–Kier alpha value is -2.45. The molecule has 0 unspecified atom stereocenters. The van der Waals surface area contributed by atoms with Gasteiger partial charge in [-0.25, -0.2) is 9.59 Å². The third-order valence-corrected chi connectivity index (χ3v) is 5.83. The molecule has 1 aromatic carbocycles. The Labute approximate surface area is 190 Å².